The van der Waals surface area contributed by atoms with E-state index in [-0.39, 0.29) is 0 Å². The molecule has 0 amide bonds. The lowest BCUT2D eigenvalue weighted by molar-refractivity contribution is 0.00622. The lowest BCUT2D eigenvalue weighted by Gasteiger charge is -2.34. The fourth-order valence-corrected chi connectivity index (χ4v) is 2.38. The summed E-state index contributed by atoms with van der Waals surface area (Å²) in [6.07, 6.45) is 4.61. The van der Waals surface area contributed by atoms with Gasteiger partial charge in [-0.1, -0.05) is 33.1 Å². The van der Waals surface area contributed by atoms with Crippen LogP contribution >= 0.6 is 0 Å². The highest BCUT2D eigenvalue weighted by Gasteiger charge is 2.27. The van der Waals surface area contributed by atoms with Crippen LogP contribution in [0.25, 0.3) is 0 Å². The standard InChI is InChI=1S/C12H24O/c1-9(2)13-8-12-10(3)6-5-7-11(12)4/h9-12H,5-8H2,1-4H3/t10-,11+,12+. The molecule has 1 nitrogen and oxygen atoms in total. The molecule has 0 N–H and O–H groups in total. The molecule has 0 aromatic carbocycles. The largest absolute Gasteiger partial charge is 0.378 e. The smallest absolute Gasteiger partial charge is 0.0519 e. The van der Waals surface area contributed by atoms with Gasteiger partial charge in [0.2, 0.25) is 0 Å². The van der Waals surface area contributed by atoms with Crippen molar-refractivity contribution in [3.8, 4) is 0 Å². The molecule has 0 bridgehead atoms. The first-order chi connectivity index (χ1) is 6.11. The summed E-state index contributed by atoms with van der Waals surface area (Å²) in [5.74, 6) is 2.53. The van der Waals surface area contributed by atoms with Gasteiger partial charge in [0, 0.05) is 0 Å². The minimum atomic E-state index is 0.390. The number of hydrogen-bond acceptors (Lipinski definition) is 1. The first kappa shape index (κ1) is 11.0. The van der Waals surface area contributed by atoms with Crippen molar-refractivity contribution in [2.45, 2.75) is 53.1 Å². The molecule has 0 radical (unpaired) electrons. The Morgan fingerprint density at radius 1 is 1.15 bits per heavy atom. The van der Waals surface area contributed by atoms with Gasteiger partial charge in [-0.2, -0.15) is 0 Å². The predicted octanol–water partition coefficient (Wildman–Crippen LogP) is 3.48. The number of hydrogen-bond donors (Lipinski definition) is 0. The summed E-state index contributed by atoms with van der Waals surface area (Å²) >= 11 is 0. The minimum absolute atomic E-state index is 0.390. The van der Waals surface area contributed by atoms with Crippen LogP contribution in [0.3, 0.4) is 0 Å². The molecule has 0 heterocycles. The fraction of sp³-hybridized carbons (Fsp3) is 1.00. The average Bonchev–Trinajstić information content (AvgIpc) is 2.03. The Hall–Kier alpha value is -0.0400. The van der Waals surface area contributed by atoms with E-state index in [0.29, 0.717) is 6.10 Å². The van der Waals surface area contributed by atoms with Crippen LogP contribution in [-0.2, 0) is 4.74 Å². The molecule has 1 heteroatoms. The quantitative estimate of drug-likeness (QED) is 0.652. The third kappa shape index (κ3) is 3.30. The molecule has 3 atom stereocenters. The normalized spacial score (nSPS) is 35.3. The molecule has 1 rings (SSSR count). The lowest BCUT2D eigenvalue weighted by atomic mass is 9.74. The Morgan fingerprint density at radius 2 is 1.69 bits per heavy atom. The molecule has 1 aliphatic carbocycles. The van der Waals surface area contributed by atoms with E-state index in [1.165, 1.54) is 19.3 Å². The molecule has 0 aromatic rings. The molecule has 0 spiro atoms. The molecule has 0 aliphatic heterocycles. The van der Waals surface area contributed by atoms with Crippen LogP contribution < -0.4 is 0 Å². The van der Waals surface area contributed by atoms with Crippen molar-refractivity contribution in [2.24, 2.45) is 17.8 Å². The van der Waals surface area contributed by atoms with Crippen LogP contribution in [-0.4, -0.2) is 12.7 Å². The molecule has 13 heavy (non-hydrogen) atoms. The van der Waals surface area contributed by atoms with Crippen LogP contribution in [0.5, 0.6) is 0 Å². The molecular formula is C12H24O. The first-order valence-corrected chi connectivity index (χ1v) is 5.73. The second-order valence-corrected chi connectivity index (χ2v) is 4.93. The van der Waals surface area contributed by atoms with Crippen molar-refractivity contribution >= 4 is 0 Å². The van der Waals surface area contributed by atoms with Gasteiger partial charge in [0.15, 0.2) is 0 Å². The summed E-state index contributed by atoms with van der Waals surface area (Å²) in [7, 11) is 0. The van der Waals surface area contributed by atoms with Gasteiger partial charge in [0.25, 0.3) is 0 Å². The highest BCUT2D eigenvalue weighted by molar-refractivity contribution is 4.77. The van der Waals surface area contributed by atoms with E-state index in [0.717, 1.165) is 24.4 Å². The highest BCUT2D eigenvalue weighted by atomic mass is 16.5. The molecular weight excluding hydrogens is 160 g/mol. The van der Waals surface area contributed by atoms with Gasteiger partial charge in [0.1, 0.15) is 0 Å². The maximum Gasteiger partial charge on any atom is 0.0519 e. The number of rotatable bonds is 3. The molecule has 0 saturated heterocycles. The average molecular weight is 184 g/mol. The predicted molar refractivity (Wildman–Crippen MR) is 56.8 cm³/mol. The van der Waals surface area contributed by atoms with E-state index >= 15 is 0 Å². The maximum atomic E-state index is 5.72. The Labute approximate surface area is 82.9 Å². The summed E-state index contributed by atoms with van der Waals surface area (Å²) in [6, 6.07) is 0. The van der Waals surface area contributed by atoms with Crippen molar-refractivity contribution in [1.29, 1.82) is 0 Å². The molecule has 1 saturated carbocycles. The van der Waals surface area contributed by atoms with Gasteiger partial charge in [0.05, 0.1) is 12.7 Å². The van der Waals surface area contributed by atoms with E-state index < -0.39 is 0 Å². The highest BCUT2D eigenvalue weighted by Crippen LogP contribution is 2.34. The molecule has 1 fully saturated rings. The Balaban J connectivity index is 2.35. The van der Waals surface area contributed by atoms with Crippen LogP contribution in [0.4, 0.5) is 0 Å². The Bertz CT molecular complexity index is 132. The zero-order valence-electron chi connectivity index (χ0n) is 9.55. The Morgan fingerprint density at radius 3 is 2.15 bits per heavy atom. The van der Waals surface area contributed by atoms with E-state index in [1.54, 1.807) is 0 Å². The van der Waals surface area contributed by atoms with Crippen molar-refractivity contribution in [3.63, 3.8) is 0 Å². The van der Waals surface area contributed by atoms with E-state index in [9.17, 15) is 0 Å². The third-order valence-corrected chi connectivity index (χ3v) is 3.40. The van der Waals surface area contributed by atoms with Crippen molar-refractivity contribution in [3.05, 3.63) is 0 Å². The van der Waals surface area contributed by atoms with Crippen LogP contribution in [0, 0.1) is 17.8 Å². The fourth-order valence-electron chi connectivity index (χ4n) is 2.38. The summed E-state index contributed by atoms with van der Waals surface area (Å²) < 4.78 is 5.72. The molecule has 0 unspecified atom stereocenters. The first-order valence-electron chi connectivity index (χ1n) is 5.73. The third-order valence-electron chi connectivity index (χ3n) is 3.40. The summed E-state index contributed by atoms with van der Waals surface area (Å²) in [4.78, 5) is 0. The maximum absolute atomic E-state index is 5.72. The van der Waals surface area contributed by atoms with Crippen LogP contribution in [0.15, 0.2) is 0 Å². The molecule has 0 aromatic heterocycles. The summed E-state index contributed by atoms with van der Waals surface area (Å²) in [6.45, 7) is 9.98. The minimum Gasteiger partial charge on any atom is -0.378 e. The summed E-state index contributed by atoms with van der Waals surface area (Å²) in [5.41, 5.74) is 0. The van der Waals surface area contributed by atoms with Crippen molar-refractivity contribution in [1.82, 2.24) is 0 Å². The van der Waals surface area contributed by atoms with E-state index in [1.807, 2.05) is 0 Å². The number of ether oxygens (including phenoxy) is 1. The van der Waals surface area contributed by atoms with E-state index in [4.69, 9.17) is 4.74 Å². The Kier molecular flexibility index (Phi) is 4.24. The van der Waals surface area contributed by atoms with Gasteiger partial charge in [-0.25, -0.2) is 0 Å². The molecule has 78 valence electrons. The second kappa shape index (κ2) is 4.99. The van der Waals surface area contributed by atoms with Gasteiger partial charge < -0.3 is 4.74 Å². The van der Waals surface area contributed by atoms with Crippen LogP contribution in [0.1, 0.15) is 47.0 Å². The topological polar surface area (TPSA) is 9.23 Å². The summed E-state index contributed by atoms with van der Waals surface area (Å²) in [5, 5.41) is 0. The van der Waals surface area contributed by atoms with Gasteiger partial charge in [-0.3, -0.25) is 0 Å². The van der Waals surface area contributed by atoms with Crippen molar-refractivity contribution in [2.75, 3.05) is 6.61 Å². The van der Waals surface area contributed by atoms with Crippen molar-refractivity contribution < 1.29 is 4.74 Å². The lowest BCUT2D eigenvalue weighted by Crippen LogP contribution is -2.29. The SMILES string of the molecule is CC(C)OC[C@H]1[C@H](C)CCC[C@@H]1C. The second-order valence-electron chi connectivity index (χ2n) is 4.93. The zero-order chi connectivity index (χ0) is 9.84. The zero-order valence-corrected chi connectivity index (χ0v) is 9.55. The van der Waals surface area contributed by atoms with E-state index in [2.05, 4.69) is 27.7 Å². The van der Waals surface area contributed by atoms with Crippen LogP contribution in [0.2, 0.25) is 0 Å². The van der Waals surface area contributed by atoms with Gasteiger partial charge in [-0.05, 0) is 31.6 Å². The molecule has 1 aliphatic rings. The monoisotopic (exact) mass is 184 g/mol. The van der Waals surface area contributed by atoms with Gasteiger partial charge >= 0.3 is 0 Å². The van der Waals surface area contributed by atoms with Gasteiger partial charge in [-0.15, -0.1) is 0 Å².